The molecule has 0 amide bonds. The first-order valence-electron chi connectivity index (χ1n) is 4.17. The van der Waals surface area contributed by atoms with E-state index < -0.39 is 0 Å². The second kappa shape index (κ2) is 3.35. The third-order valence-electron chi connectivity index (χ3n) is 2.09. The van der Waals surface area contributed by atoms with E-state index in [9.17, 15) is 0 Å². The van der Waals surface area contributed by atoms with Gasteiger partial charge in [-0.05, 0) is 6.07 Å². The molecule has 0 unspecified atom stereocenters. The summed E-state index contributed by atoms with van der Waals surface area (Å²) >= 11 is 0. The zero-order valence-electron chi connectivity index (χ0n) is 7.69. The van der Waals surface area contributed by atoms with E-state index in [-0.39, 0.29) is 0 Å². The molecule has 2 rings (SSSR count). The van der Waals surface area contributed by atoms with Gasteiger partial charge in [0, 0.05) is 23.2 Å². The quantitative estimate of drug-likeness (QED) is 0.681. The Bertz CT molecular complexity index is 509. The summed E-state index contributed by atoms with van der Waals surface area (Å²) in [7, 11) is 1.59. The molecule has 14 heavy (non-hydrogen) atoms. The fraction of sp³-hybridized carbons (Fsp3) is 0.0909. The van der Waals surface area contributed by atoms with E-state index in [0.717, 1.165) is 10.8 Å². The predicted octanol–water partition coefficient (Wildman–Crippen LogP) is 2.12. The highest BCUT2D eigenvalue weighted by molar-refractivity contribution is 5.92. The number of fused-ring (bicyclic) bond motifs is 1. The van der Waals surface area contributed by atoms with E-state index in [2.05, 4.69) is 11.1 Å². The van der Waals surface area contributed by atoms with Gasteiger partial charge in [-0.15, -0.1) is 0 Å². The second-order valence-electron chi connectivity index (χ2n) is 2.86. The van der Waals surface area contributed by atoms with Crippen LogP contribution in [0.5, 0.6) is 5.75 Å². The van der Waals surface area contributed by atoms with Gasteiger partial charge < -0.3 is 4.74 Å². The Hall–Kier alpha value is -2.08. The molecule has 0 aliphatic carbocycles. The van der Waals surface area contributed by atoms with Crippen LogP contribution in [-0.4, -0.2) is 12.1 Å². The molecule has 1 aromatic carbocycles. The van der Waals surface area contributed by atoms with Crippen LogP contribution in [0.1, 0.15) is 5.56 Å². The third-order valence-corrected chi connectivity index (χ3v) is 2.09. The Morgan fingerprint density at radius 2 is 2.21 bits per heavy atom. The van der Waals surface area contributed by atoms with Crippen molar-refractivity contribution < 1.29 is 4.74 Å². The summed E-state index contributed by atoms with van der Waals surface area (Å²) in [4.78, 5) is 3.98. The number of hydrogen-bond acceptors (Lipinski definition) is 3. The molecule has 0 bridgehead atoms. The fourth-order valence-corrected chi connectivity index (χ4v) is 1.46. The summed E-state index contributed by atoms with van der Waals surface area (Å²) in [5.41, 5.74) is 0.542. The van der Waals surface area contributed by atoms with Crippen molar-refractivity contribution >= 4 is 10.8 Å². The molecule has 0 atom stereocenters. The smallest absolute Gasteiger partial charge is 0.128 e. The van der Waals surface area contributed by atoms with Crippen LogP contribution in [0.3, 0.4) is 0 Å². The molecule has 0 saturated heterocycles. The average molecular weight is 184 g/mol. The maximum Gasteiger partial charge on any atom is 0.128 e. The maximum atomic E-state index is 8.91. The van der Waals surface area contributed by atoms with Crippen LogP contribution in [0.25, 0.3) is 10.8 Å². The molecular weight excluding hydrogens is 176 g/mol. The fourth-order valence-electron chi connectivity index (χ4n) is 1.46. The SMILES string of the molecule is COc1cccc2cncc(C#N)c12. The highest BCUT2D eigenvalue weighted by Gasteiger charge is 2.05. The summed E-state index contributed by atoms with van der Waals surface area (Å²) in [6.07, 6.45) is 3.27. The van der Waals surface area contributed by atoms with E-state index in [4.69, 9.17) is 10.00 Å². The van der Waals surface area contributed by atoms with Gasteiger partial charge in [-0.3, -0.25) is 4.98 Å². The number of ether oxygens (including phenoxy) is 1. The van der Waals surface area contributed by atoms with Gasteiger partial charge in [-0.2, -0.15) is 5.26 Å². The van der Waals surface area contributed by atoms with E-state index >= 15 is 0 Å². The zero-order chi connectivity index (χ0) is 9.97. The number of nitrogens with zero attached hydrogens (tertiary/aromatic N) is 2. The number of hydrogen-bond donors (Lipinski definition) is 0. The Kier molecular flexibility index (Phi) is 2.04. The molecule has 68 valence electrons. The van der Waals surface area contributed by atoms with Crippen LogP contribution in [0, 0.1) is 11.3 Å². The van der Waals surface area contributed by atoms with Crippen molar-refractivity contribution in [1.29, 1.82) is 5.26 Å². The van der Waals surface area contributed by atoms with Crippen LogP contribution in [0.15, 0.2) is 30.6 Å². The molecule has 2 aromatic rings. The van der Waals surface area contributed by atoms with Gasteiger partial charge in [0.05, 0.1) is 12.7 Å². The summed E-state index contributed by atoms with van der Waals surface area (Å²) in [6, 6.07) is 7.73. The molecule has 0 radical (unpaired) electrons. The van der Waals surface area contributed by atoms with E-state index in [1.807, 2.05) is 18.2 Å². The van der Waals surface area contributed by atoms with E-state index in [1.165, 1.54) is 0 Å². The van der Waals surface area contributed by atoms with Crippen molar-refractivity contribution in [2.24, 2.45) is 0 Å². The zero-order valence-corrected chi connectivity index (χ0v) is 7.69. The molecule has 3 heteroatoms. The summed E-state index contributed by atoms with van der Waals surface area (Å²) in [6.45, 7) is 0. The van der Waals surface area contributed by atoms with Crippen molar-refractivity contribution in [3.8, 4) is 11.8 Å². The topological polar surface area (TPSA) is 45.9 Å². The van der Waals surface area contributed by atoms with E-state index in [0.29, 0.717) is 11.3 Å². The lowest BCUT2D eigenvalue weighted by molar-refractivity contribution is 0.419. The number of pyridine rings is 1. The standard InChI is InChI=1S/C11H8N2O/c1-14-10-4-2-3-8-6-13-7-9(5-12)11(8)10/h2-4,6-7H,1H3. The Balaban J connectivity index is 2.90. The predicted molar refractivity (Wildman–Crippen MR) is 53.0 cm³/mol. The minimum atomic E-state index is 0.542. The van der Waals surface area contributed by atoms with Crippen molar-refractivity contribution in [3.63, 3.8) is 0 Å². The van der Waals surface area contributed by atoms with Crippen LogP contribution < -0.4 is 4.74 Å². The van der Waals surface area contributed by atoms with Crippen molar-refractivity contribution in [2.45, 2.75) is 0 Å². The molecule has 0 aliphatic rings. The maximum absolute atomic E-state index is 8.91. The van der Waals surface area contributed by atoms with Gasteiger partial charge in [-0.25, -0.2) is 0 Å². The summed E-state index contributed by atoms with van der Waals surface area (Å²) < 4.78 is 5.19. The number of methoxy groups -OCH3 is 1. The van der Waals surface area contributed by atoms with Crippen LogP contribution in [0.4, 0.5) is 0 Å². The molecule has 1 aromatic heterocycles. The number of rotatable bonds is 1. The first-order valence-corrected chi connectivity index (χ1v) is 4.17. The molecule has 0 spiro atoms. The minimum absolute atomic E-state index is 0.542. The van der Waals surface area contributed by atoms with Crippen molar-refractivity contribution in [3.05, 3.63) is 36.2 Å². The molecule has 0 N–H and O–H groups in total. The third kappa shape index (κ3) is 1.17. The Morgan fingerprint density at radius 1 is 1.36 bits per heavy atom. The van der Waals surface area contributed by atoms with Crippen molar-refractivity contribution in [1.82, 2.24) is 4.98 Å². The lowest BCUT2D eigenvalue weighted by atomic mass is 10.1. The lowest BCUT2D eigenvalue weighted by Crippen LogP contribution is -1.88. The summed E-state index contributed by atoms with van der Waals surface area (Å²) in [5, 5.41) is 10.7. The van der Waals surface area contributed by atoms with E-state index in [1.54, 1.807) is 19.5 Å². The van der Waals surface area contributed by atoms with Crippen LogP contribution >= 0.6 is 0 Å². The number of aromatic nitrogens is 1. The number of nitriles is 1. The second-order valence-corrected chi connectivity index (χ2v) is 2.86. The van der Waals surface area contributed by atoms with Gasteiger partial charge in [-0.1, -0.05) is 12.1 Å². The van der Waals surface area contributed by atoms with Gasteiger partial charge >= 0.3 is 0 Å². The Morgan fingerprint density at radius 3 is 2.93 bits per heavy atom. The molecule has 3 nitrogen and oxygen atoms in total. The summed E-state index contributed by atoms with van der Waals surface area (Å²) in [5.74, 6) is 0.710. The highest BCUT2D eigenvalue weighted by Crippen LogP contribution is 2.27. The monoisotopic (exact) mass is 184 g/mol. The molecular formula is C11H8N2O. The van der Waals surface area contributed by atoms with Gasteiger partial charge in [0.25, 0.3) is 0 Å². The molecule has 0 aliphatic heterocycles. The normalized spacial score (nSPS) is 9.71. The highest BCUT2D eigenvalue weighted by atomic mass is 16.5. The largest absolute Gasteiger partial charge is 0.496 e. The molecule has 0 fully saturated rings. The van der Waals surface area contributed by atoms with Gasteiger partial charge in [0.1, 0.15) is 11.8 Å². The first kappa shape index (κ1) is 8.52. The lowest BCUT2D eigenvalue weighted by Gasteiger charge is -2.05. The average Bonchev–Trinajstić information content (AvgIpc) is 2.27. The number of benzene rings is 1. The molecule has 1 heterocycles. The van der Waals surface area contributed by atoms with Crippen molar-refractivity contribution in [2.75, 3.05) is 7.11 Å². The Labute approximate surface area is 81.6 Å². The van der Waals surface area contributed by atoms with Gasteiger partial charge in [0.15, 0.2) is 0 Å². The van der Waals surface area contributed by atoms with Crippen LogP contribution in [0.2, 0.25) is 0 Å². The van der Waals surface area contributed by atoms with Gasteiger partial charge in [0.2, 0.25) is 0 Å². The van der Waals surface area contributed by atoms with Crippen LogP contribution in [-0.2, 0) is 0 Å². The molecule has 0 saturated carbocycles. The first-order chi connectivity index (χ1) is 6.86. The minimum Gasteiger partial charge on any atom is -0.496 e.